The van der Waals surface area contributed by atoms with Crippen LogP contribution in [0.25, 0.3) is 0 Å². The molecule has 180 valence electrons. The lowest BCUT2D eigenvalue weighted by molar-refractivity contribution is -0.140. The summed E-state index contributed by atoms with van der Waals surface area (Å²) in [5.74, 6) is -0.456. The Kier molecular flexibility index (Phi) is 8.19. The second-order valence-electron chi connectivity index (χ2n) is 9.02. The van der Waals surface area contributed by atoms with Crippen LogP contribution in [-0.2, 0) is 16.1 Å². The number of esters is 1. The van der Waals surface area contributed by atoms with Gasteiger partial charge in [0.05, 0.1) is 7.92 Å². The molecule has 0 saturated heterocycles. The molecule has 0 radical (unpaired) electrons. The van der Waals surface area contributed by atoms with Gasteiger partial charge < -0.3 is 4.74 Å². The van der Waals surface area contributed by atoms with Crippen LogP contribution in [0.3, 0.4) is 0 Å². The second-order valence-corrected chi connectivity index (χ2v) is 11.0. The van der Waals surface area contributed by atoms with E-state index in [1.807, 2.05) is 89.2 Å². The van der Waals surface area contributed by atoms with Gasteiger partial charge >= 0.3 is 5.97 Å². The zero-order chi connectivity index (χ0) is 25.9. The maximum atomic E-state index is 14.1. The van der Waals surface area contributed by atoms with Crippen LogP contribution in [0.2, 0.25) is 0 Å². The summed E-state index contributed by atoms with van der Waals surface area (Å²) in [6.45, 7) is 14.9. The highest BCUT2D eigenvalue weighted by atomic mass is 31.1. The topological polar surface area (TPSA) is 60.4 Å². The van der Waals surface area contributed by atoms with E-state index in [1.54, 1.807) is 6.92 Å². The quantitative estimate of drug-likeness (QED) is 0.204. The molecule has 0 aromatic heterocycles. The van der Waals surface area contributed by atoms with Crippen LogP contribution < -0.4 is 5.30 Å². The standard InChI is InChI=1S/C30H31O4P/c1-18(2)28(31)34-17-24-15-22(6)27(23(7)16-24)30(33)35(25-11-9-8-10-12-25)29(32)26-20(4)13-19(3)14-21(26)5/h8-16H,1,17H2,2-7H3. The van der Waals surface area contributed by atoms with E-state index in [2.05, 4.69) is 6.58 Å². The molecule has 0 aliphatic rings. The molecule has 0 N–H and O–H groups in total. The Morgan fingerprint density at radius 2 is 1.23 bits per heavy atom. The molecular weight excluding hydrogens is 455 g/mol. The number of carbonyl (C=O) groups excluding carboxylic acids is 3. The van der Waals surface area contributed by atoms with Gasteiger partial charge in [0.2, 0.25) is 0 Å². The molecule has 5 heteroatoms. The molecule has 0 aliphatic heterocycles. The average molecular weight is 487 g/mol. The van der Waals surface area contributed by atoms with Crippen molar-refractivity contribution in [2.75, 3.05) is 0 Å². The minimum atomic E-state index is -1.82. The number of carbonyl (C=O) groups is 3. The van der Waals surface area contributed by atoms with Crippen LogP contribution >= 0.6 is 7.92 Å². The Balaban J connectivity index is 2.06. The van der Waals surface area contributed by atoms with E-state index in [-0.39, 0.29) is 17.7 Å². The van der Waals surface area contributed by atoms with Crippen LogP contribution in [0.5, 0.6) is 0 Å². The minimum Gasteiger partial charge on any atom is -0.457 e. The smallest absolute Gasteiger partial charge is 0.333 e. The summed E-state index contributed by atoms with van der Waals surface area (Å²) >= 11 is 0. The highest BCUT2D eigenvalue weighted by molar-refractivity contribution is 7.96. The highest BCUT2D eigenvalue weighted by Gasteiger charge is 2.33. The lowest BCUT2D eigenvalue weighted by Gasteiger charge is -2.21. The Bertz CT molecular complexity index is 1280. The fourth-order valence-corrected chi connectivity index (χ4v) is 6.67. The summed E-state index contributed by atoms with van der Waals surface area (Å²) in [5, 5.41) is 0.732. The third-order valence-electron chi connectivity index (χ3n) is 5.84. The van der Waals surface area contributed by atoms with E-state index in [0.717, 1.165) is 38.7 Å². The van der Waals surface area contributed by atoms with Gasteiger partial charge in [0.1, 0.15) is 6.61 Å². The molecule has 1 atom stereocenters. The molecule has 0 bridgehead atoms. The third-order valence-corrected chi connectivity index (χ3v) is 7.91. The van der Waals surface area contributed by atoms with Crippen molar-refractivity contribution >= 4 is 30.2 Å². The molecule has 1 unspecified atom stereocenters. The van der Waals surface area contributed by atoms with E-state index >= 15 is 0 Å². The van der Waals surface area contributed by atoms with Gasteiger partial charge in [-0.3, -0.25) is 9.59 Å². The molecule has 4 nitrogen and oxygen atoms in total. The zero-order valence-electron chi connectivity index (χ0n) is 21.2. The summed E-state index contributed by atoms with van der Waals surface area (Å²) in [6.07, 6.45) is 0. The number of ether oxygens (including phenoxy) is 1. The van der Waals surface area contributed by atoms with Crippen LogP contribution in [0, 0.1) is 34.6 Å². The van der Waals surface area contributed by atoms with Crippen LogP contribution in [0.15, 0.2) is 66.7 Å². The Labute approximate surface area is 208 Å². The predicted molar refractivity (Wildman–Crippen MR) is 143 cm³/mol. The van der Waals surface area contributed by atoms with E-state index < -0.39 is 13.9 Å². The van der Waals surface area contributed by atoms with Gasteiger partial charge in [-0.15, -0.1) is 0 Å². The summed E-state index contributed by atoms with van der Waals surface area (Å²) in [4.78, 5) is 39.8. The molecule has 0 saturated carbocycles. The zero-order valence-corrected chi connectivity index (χ0v) is 22.1. The van der Waals surface area contributed by atoms with E-state index in [1.165, 1.54) is 0 Å². The van der Waals surface area contributed by atoms with Gasteiger partial charge in [0.25, 0.3) is 0 Å². The molecular formula is C30H31O4P. The van der Waals surface area contributed by atoms with Gasteiger partial charge in [-0.1, -0.05) is 66.7 Å². The molecule has 0 fully saturated rings. The fraction of sp³-hybridized carbons (Fsp3) is 0.233. The average Bonchev–Trinajstić information content (AvgIpc) is 2.77. The van der Waals surface area contributed by atoms with Crippen LogP contribution in [0.4, 0.5) is 0 Å². The third kappa shape index (κ3) is 5.83. The number of hydrogen-bond donors (Lipinski definition) is 0. The SMILES string of the molecule is C=C(C)C(=O)OCc1cc(C)c(C(=O)P(C(=O)c2c(C)cc(C)cc2C)c2ccccc2)c(C)c1. The van der Waals surface area contributed by atoms with Gasteiger partial charge in [-0.2, -0.15) is 0 Å². The van der Waals surface area contributed by atoms with Gasteiger partial charge in [-0.25, -0.2) is 4.79 Å². The molecule has 3 aromatic carbocycles. The Hall–Kier alpha value is -3.36. The minimum absolute atomic E-state index is 0.0932. The summed E-state index contributed by atoms with van der Waals surface area (Å²) in [7, 11) is -1.82. The molecule has 3 rings (SSSR count). The largest absolute Gasteiger partial charge is 0.457 e. The van der Waals surface area contributed by atoms with Crippen molar-refractivity contribution in [2.45, 2.75) is 48.1 Å². The van der Waals surface area contributed by atoms with Crippen molar-refractivity contribution in [1.82, 2.24) is 0 Å². The van der Waals surface area contributed by atoms with Crippen LogP contribution in [-0.4, -0.2) is 17.0 Å². The van der Waals surface area contributed by atoms with Crippen molar-refractivity contribution in [2.24, 2.45) is 0 Å². The molecule has 0 amide bonds. The summed E-state index contributed by atoms with van der Waals surface area (Å²) in [6, 6.07) is 17.0. The first kappa shape index (κ1) is 26.2. The highest BCUT2D eigenvalue weighted by Crippen LogP contribution is 2.45. The molecule has 3 aromatic rings. The number of aryl methyl sites for hydroxylation is 5. The molecule has 0 spiro atoms. The van der Waals surface area contributed by atoms with E-state index in [0.29, 0.717) is 16.7 Å². The number of hydrogen-bond acceptors (Lipinski definition) is 4. The first-order chi connectivity index (χ1) is 16.5. The number of rotatable bonds is 8. The van der Waals surface area contributed by atoms with Gasteiger partial charge in [0, 0.05) is 16.7 Å². The van der Waals surface area contributed by atoms with Crippen molar-refractivity contribution in [3.63, 3.8) is 0 Å². The normalized spacial score (nSPS) is 11.6. The summed E-state index contributed by atoms with van der Waals surface area (Å²) in [5.41, 5.74) is 6.34. The molecule has 35 heavy (non-hydrogen) atoms. The first-order valence-electron chi connectivity index (χ1n) is 11.5. The Morgan fingerprint density at radius 3 is 1.69 bits per heavy atom. The molecule has 0 heterocycles. The lowest BCUT2D eigenvalue weighted by atomic mass is 10.0. The number of benzene rings is 3. The fourth-order valence-electron chi connectivity index (χ4n) is 4.39. The van der Waals surface area contributed by atoms with Crippen molar-refractivity contribution < 1.29 is 19.1 Å². The van der Waals surface area contributed by atoms with E-state index in [4.69, 9.17) is 4.74 Å². The first-order valence-corrected chi connectivity index (χ1v) is 12.8. The Morgan fingerprint density at radius 1 is 0.771 bits per heavy atom. The van der Waals surface area contributed by atoms with Crippen molar-refractivity contribution in [1.29, 1.82) is 0 Å². The molecule has 0 aliphatic carbocycles. The van der Waals surface area contributed by atoms with Crippen LogP contribution in [0.1, 0.15) is 61.0 Å². The maximum Gasteiger partial charge on any atom is 0.333 e. The van der Waals surface area contributed by atoms with E-state index in [9.17, 15) is 14.4 Å². The maximum absolute atomic E-state index is 14.1. The van der Waals surface area contributed by atoms with Gasteiger partial charge in [0.15, 0.2) is 11.0 Å². The van der Waals surface area contributed by atoms with Gasteiger partial charge in [-0.05, 0) is 74.7 Å². The van der Waals surface area contributed by atoms with Crippen molar-refractivity contribution in [3.8, 4) is 0 Å². The lowest BCUT2D eigenvalue weighted by Crippen LogP contribution is -2.19. The summed E-state index contributed by atoms with van der Waals surface area (Å²) < 4.78 is 5.28. The predicted octanol–water partition coefficient (Wildman–Crippen LogP) is 6.64. The second kappa shape index (κ2) is 10.9. The monoisotopic (exact) mass is 486 g/mol. The van der Waals surface area contributed by atoms with Crippen molar-refractivity contribution in [3.05, 3.63) is 111 Å².